The van der Waals surface area contributed by atoms with Crippen LogP contribution in [0.4, 0.5) is 0 Å². The van der Waals surface area contributed by atoms with Gasteiger partial charge in [-0.25, -0.2) is 13.1 Å². The zero-order valence-electron chi connectivity index (χ0n) is 17.8. The van der Waals surface area contributed by atoms with Crippen LogP contribution in [0.25, 0.3) is 0 Å². The molecule has 0 aliphatic carbocycles. The number of hydrogen-bond acceptors (Lipinski definition) is 6. The van der Waals surface area contributed by atoms with Crippen molar-refractivity contribution in [3.8, 4) is 0 Å². The Bertz CT molecular complexity index is 834. The normalized spacial score (nSPS) is 19.3. The maximum atomic E-state index is 12.4. The minimum absolute atomic E-state index is 0. The Hall–Kier alpha value is -1.44. The highest BCUT2D eigenvalue weighted by Crippen LogP contribution is 2.24. The van der Waals surface area contributed by atoms with Crippen LogP contribution in [0, 0.1) is 11.8 Å². The summed E-state index contributed by atoms with van der Waals surface area (Å²) in [5.41, 5.74) is 0.803. The highest BCUT2D eigenvalue weighted by atomic mass is 127. The van der Waals surface area contributed by atoms with Crippen molar-refractivity contribution in [2.75, 3.05) is 47.5 Å². The Morgan fingerprint density at radius 3 is 2.67 bits per heavy atom. The first kappa shape index (κ1) is 26.6. The van der Waals surface area contributed by atoms with E-state index in [2.05, 4.69) is 15.0 Å². The van der Waals surface area contributed by atoms with Crippen molar-refractivity contribution < 1.29 is 22.7 Å². The quantitative estimate of drug-likeness (QED) is 0.163. The number of ether oxygens (including phenoxy) is 2. The average molecular weight is 554 g/mol. The lowest BCUT2D eigenvalue weighted by Gasteiger charge is -2.21. The second-order valence-electron chi connectivity index (χ2n) is 6.95. The van der Waals surface area contributed by atoms with E-state index in [9.17, 15) is 13.2 Å². The van der Waals surface area contributed by atoms with Crippen LogP contribution >= 0.6 is 24.0 Å². The van der Waals surface area contributed by atoms with Gasteiger partial charge in [0.15, 0.2) is 5.96 Å². The van der Waals surface area contributed by atoms with Crippen molar-refractivity contribution in [2.45, 2.75) is 18.4 Å². The molecule has 1 aliphatic rings. The van der Waals surface area contributed by atoms with Gasteiger partial charge in [-0.3, -0.25) is 9.79 Å². The first-order valence-corrected chi connectivity index (χ1v) is 10.9. The van der Waals surface area contributed by atoms with Crippen LogP contribution in [0.5, 0.6) is 0 Å². The monoisotopic (exact) mass is 554 g/mol. The molecular weight excluding hydrogens is 523 g/mol. The predicted molar refractivity (Wildman–Crippen MR) is 125 cm³/mol. The van der Waals surface area contributed by atoms with Crippen molar-refractivity contribution in [2.24, 2.45) is 16.8 Å². The zero-order valence-corrected chi connectivity index (χ0v) is 20.9. The molecule has 0 saturated carbocycles. The summed E-state index contributed by atoms with van der Waals surface area (Å²) >= 11 is 0. The SMILES string of the molecule is CN=C(NCc1cccc(S(=O)(=O)NCCOC)c1)N1CC(C)C(C(=O)OC)C1.I. The Morgan fingerprint density at radius 2 is 2.03 bits per heavy atom. The number of carbonyl (C=O) groups is 1. The molecule has 2 atom stereocenters. The second kappa shape index (κ2) is 12.4. The van der Waals surface area contributed by atoms with Crippen LogP contribution in [0.15, 0.2) is 34.2 Å². The molecule has 30 heavy (non-hydrogen) atoms. The van der Waals surface area contributed by atoms with Gasteiger partial charge in [-0.1, -0.05) is 19.1 Å². The number of benzene rings is 1. The van der Waals surface area contributed by atoms with Gasteiger partial charge in [-0.2, -0.15) is 0 Å². The summed E-state index contributed by atoms with van der Waals surface area (Å²) in [6, 6.07) is 6.73. The standard InChI is InChI=1S/C19H30N4O5S.HI/c1-14-12-23(13-17(14)18(24)28-4)19(20-2)21-11-15-6-5-7-16(10-15)29(25,26)22-8-9-27-3;/h5-7,10,14,17,22H,8-9,11-13H2,1-4H3,(H,20,21);1H. The number of hydrogen-bond donors (Lipinski definition) is 2. The Balaban J connectivity index is 0.00000450. The molecule has 1 aromatic carbocycles. The van der Waals surface area contributed by atoms with Crippen LogP contribution in [0.1, 0.15) is 12.5 Å². The summed E-state index contributed by atoms with van der Waals surface area (Å²) in [5, 5.41) is 3.25. The molecule has 1 aromatic rings. The maximum absolute atomic E-state index is 12.4. The minimum Gasteiger partial charge on any atom is -0.469 e. The van der Waals surface area contributed by atoms with Gasteiger partial charge in [0.2, 0.25) is 10.0 Å². The summed E-state index contributed by atoms with van der Waals surface area (Å²) in [7, 11) is 1.00. The first-order chi connectivity index (χ1) is 13.8. The third kappa shape index (κ3) is 7.06. The third-order valence-corrected chi connectivity index (χ3v) is 6.34. The van der Waals surface area contributed by atoms with E-state index >= 15 is 0 Å². The number of nitrogens with zero attached hydrogens (tertiary/aromatic N) is 2. The Morgan fingerprint density at radius 1 is 1.30 bits per heavy atom. The molecule has 9 nitrogen and oxygen atoms in total. The number of aliphatic imine (C=N–C) groups is 1. The second-order valence-corrected chi connectivity index (χ2v) is 8.72. The molecule has 0 amide bonds. The molecule has 1 fully saturated rings. The van der Waals surface area contributed by atoms with E-state index < -0.39 is 10.0 Å². The van der Waals surface area contributed by atoms with E-state index in [1.54, 1.807) is 25.2 Å². The molecule has 1 saturated heterocycles. The molecule has 0 spiro atoms. The molecule has 0 bridgehead atoms. The van der Waals surface area contributed by atoms with Gasteiger partial charge in [0.1, 0.15) is 0 Å². The van der Waals surface area contributed by atoms with E-state index in [4.69, 9.17) is 9.47 Å². The number of sulfonamides is 1. The zero-order chi connectivity index (χ0) is 21.4. The number of methoxy groups -OCH3 is 2. The predicted octanol–water partition coefficient (Wildman–Crippen LogP) is 1.05. The van der Waals surface area contributed by atoms with Gasteiger partial charge >= 0.3 is 5.97 Å². The number of carbonyl (C=O) groups excluding carboxylic acids is 1. The van der Waals surface area contributed by atoms with Crippen LogP contribution in [0.2, 0.25) is 0 Å². The largest absolute Gasteiger partial charge is 0.469 e. The topological polar surface area (TPSA) is 109 Å². The summed E-state index contributed by atoms with van der Waals surface area (Å²) in [5.74, 6) is 0.418. The highest BCUT2D eigenvalue weighted by Gasteiger charge is 2.36. The molecule has 2 unspecified atom stereocenters. The minimum atomic E-state index is -3.59. The maximum Gasteiger partial charge on any atom is 0.310 e. The molecule has 2 N–H and O–H groups in total. The molecule has 1 heterocycles. The number of likely N-dealkylation sites (tertiary alicyclic amines) is 1. The highest BCUT2D eigenvalue weighted by molar-refractivity contribution is 14.0. The Kier molecular flexibility index (Phi) is 11.0. The number of guanidine groups is 1. The van der Waals surface area contributed by atoms with E-state index in [1.807, 2.05) is 17.9 Å². The van der Waals surface area contributed by atoms with Crippen molar-refractivity contribution in [3.63, 3.8) is 0 Å². The van der Waals surface area contributed by atoms with E-state index in [0.717, 1.165) is 5.56 Å². The lowest BCUT2D eigenvalue weighted by atomic mass is 9.99. The molecule has 2 rings (SSSR count). The fourth-order valence-electron chi connectivity index (χ4n) is 3.30. The van der Waals surface area contributed by atoms with Gasteiger partial charge in [-0.05, 0) is 23.6 Å². The molecule has 11 heteroatoms. The van der Waals surface area contributed by atoms with Gasteiger partial charge in [-0.15, -0.1) is 24.0 Å². The lowest BCUT2D eigenvalue weighted by Crippen LogP contribution is -2.40. The molecular formula is C19H31IN4O5S. The summed E-state index contributed by atoms with van der Waals surface area (Å²) < 4.78 is 37.0. The summed E-state index contributed by atoms with van der Waals surface area (Å²) in [4.78, 5) is 18.4. The number of rotatable bonds is 8. The van der Waals surface area contributed by atoms with Crippen LogP contribution in [-0.4, -0.2) is 72.8 Å². The van der Waals surface area contributed by atoms with Gasteiger partial charge in [0.05, 0.1) is 24.5 Å². The number of esters is 1. The molecule has 0 radical (unpaired) electrons. The molecule has 170 valence electrons. The van der Waals surface area contributed by atoms with E-state index in [-0.39, 0.29) is 53.2 Å². The molecule has 1 aliphatic heterocycles. The smallest absolute Gasteiger partial charge is 0.310 e. The van der Waals surface area contributed by atoms with E-state index in [0.29, 0.717) is 32.2 Å². The van der Waals surface area contributed by atoms with E-state index in [1.165, 1.54) is 14.2 Å². The molecule has 0 aromatic heterocycles. The van der Waals surface area contributed by atoms with Gasteiger partial charge < -0.3 is 19.7 Å². The fraction of sp³-hybridized carbons (Fsp3) is 0.579. The van der Waals surface area contributed by atoms with Crippen LogP contribution in [-0.2, 0) is 30.8 Å². The average Bonchev–Trinajstić information content (AvgIpc) is 3.09. The van der Waals surface area contributed by atoms with Crippen molar-refractivity contribution in [3.05, 3.63) is 29.8 Å². The Labute approximate surface area is 195 Å². The van der Waals surface area contributed by atoms with Crippen molar-refractivity contribution in [1.82, 2.24) is 14.9 Å². The van der Waals surface area contributed by atoms with Crippen molar-refractivity contribution >= 4 is 45.9 Å². The van der Waals surface area contributed by atoms with Crippen LogP contribution in [0.3, 0.4) is 0 Å². The first-order valence-electron chi connectivity index (χ1n) is 9.43. The third-order valence-electron chi connectivity index (χ3n) is 4.89. The van der Waals surface area contributed by atoms with Gasteiger partial charge in [0.25, 0.3) is 0 Å². The summed E-state index contributed by atoms with van der Waals surface area (Å²) in [6.07, 6.45) is 0. The van der Waals surface area contributed by atoms with Crippen LogP contribution < -0.4 is 10.0 Å². The van der Waals surface area contributed by atoms with Crippen molar-refractivity contribution in [1.29, 1.82) is 0 Å². The number of nitrogens with one attached hydrogen (secondary N) is 2. The fourth-order valence-corrected chi connectivity index (χ4v) is 4.38. The lowest BCUT2D eigenvalue weighted by molar-refractivity contribution is -0.145. The summed E-state index contributed by atoms with van der Waals surface area (Å²) in [6.45, 7) is 4.16. The number of halogens is 1. The van der Waals surface area contributed by atoms with Gasteiger partial charge in [0, 0.05) is 40.3 Å².